The topological polar surface area (TPSA) is 54.4 Å². The van der Waals surface area contributed by atoms with Gasteiger partial charge in [0.15, 0.2) is 5.78 Å². The summed E-state index contributed by atoms with van der Waals surface area (Å²) in [6, 6.07) is 5.65. The highest BCUT2D eigenvalue weighted by molar-refractivity contribution is 8.01. The first-order valence-corrected chi connectivity index (χ1v) is 6.45. The molecule has 1 aliphatic heterocycles. The minimum absolute atomic E-state index is 0.0393. The number of carbonyl (C=O) groups is 2. The van der Waals surface area contributed by atoms with E-state index in [0.29, 0.717) is 12.0 Å². The van der Waals surface area contributed by atoms with Gasteiger partial charge in [0.1, 0.15) is 5.25 Å². The van der Waals surface area contributed by atoms with Crippen molar-refractivity contribution in [1.82, 2.24) is 0 Å². The third-order valence-electron chi connectivity index (χ3n) is 2.95. The zero-order valence-electron chi connectivity index (χ0n) is 9.77. The minimum atomic E-state index is -0.844. The fourth-order valence-corrected chi connectivity index (χ4v) is 3.15. The van der Waals surface area contributed by atoms with Crippen molar-refractivity contribution in [3.05, 3.63) is 34.9 Å². The van der Waals surface area contributed by atoms with Gasteiger partial charge in [0.2, 0.25) is 0 Å². The number of carbonyl (C=O) groups excluding carboxylic acids is 1. The van der Waals surface area contributed by atoms with Gasteiger partial charge < -0.3 is 5.11 Å². The summed E-state index contributed by atoms with van der Waals surface area (Å²) in [7, 11) is 0. The molecule has 1 heterocycles. The highest BCUT2D eigenvalue weighted by atomic mass is 32.2. The zero-order chi connectivity index (χ0) is 12.6. The first-order chi connectivity index (χ1) is 7.99. The molecule has 0 fully saturated rings. The van der Waals surface area contributed by atoms with Gasteiger partial charge in [-0.15, -0.1) is 11.8 Å². The number of thioether (sulfide) groups is 1. The molecule has 0 radical (unpaired) electrons. The van der Waals surface area contributed by atoms with Gasteiger partial charge in [0.05, 0.1) is 5.25 Å². The maximum atomic E-state index is 12.1. The molecule has 90 valence electrons. The van der Waals surface area contributed by atoms with Crippen LogP contribution in [0.1, 0.15) is 28.4 Å². The van der Waals surface area contributed by atoms with E-state index < -0.39 is 11.2 Å². The number of carboxylic acid groups (broad SMARTS) is 1. The molecular formula is C13H14O3S. The SMILES string of the molecule is Cc1ccc2c(c1)C(=O)[C@H](C)S[C@@H](C(=O)O)C2. The molecular weight excluding hydrogens is 236 g/mol. The molecule has 3 nitrogen and oxygen atoms in total. The number of rotatable bonds is 1. The van der Waals surface area contributed by atoms with Crippen LogP contribution in [0.5, 0.6) is 0 Å². The molecule has 1 N–H and O–H groups in total. The van der Waals surface area contributed by atoms with Crippen LogP contribution in [-0.4, -0.2) is 27.4 Å². The molecule has 0 bridgehead atoms. The second kappa shape index (κ2) is 4.53. The van der Waals surface area contributed by atoms with Gasteiger partial charge in [-0.05, 0) is 31.9 Å². The molecule has 17 heavy (non-hydrogen) atoms. The van der Waals surface area contributed by atoms with E-state index in [-0.39, 0.29) is 11.0 Å². The van der Waals surface area contributed by atoms with Crippen LogP contribution < -0.4 is 0 Å². The average Bonchev–Trinajstić information content (AvgIpc) is 2.39. The average molecular weight is 250 g/mol. The Morgan fingerprint density at radius 3 is 2.82 bits per heavy atom. The number of aliphatic carboxylic acids is 1. The summed E-state index contributed by atoms with van der Waals surface area (Å²) in [6.45, 7) is 3.71. The molecule has 1 aliphatic rings. The number of fused-ring (bicyclic) bond motifs is 1. The lowest BCUT2D eigenvalue weighted by atomic mass is 9.96. The summed E-state index contributed by atoms with van der Waals surface area (Å²) in [5.41, 5.74) is 2.57. The van der Waals surface area contributed by atoms with Crippen LogP contribution in [0.3, 0.4) is 0 Å². The highest BCUT2D eigenvalue weighted by Gasteiger charge is 2.31. The molecule has 2 atom stereocenters. The van der Waals surface area contributed by atoms with E-state index in [1.165, 1.54) is 11.8 Å². The van der Waals surface area contributed by atoms with Crippen molar-refractivity contribution in [3.8, 4) is 0 Å². The predicted octanol–water partition coefficient (Wildman–Crippen LogP) is 2.31. The third-order valence-corrected chi connectivity index (χ3v) is 4.27. The van der Waals surface area contributed by atoms with Crippen molar-refractivity contribution < 1.29 is 14.7 Å². The van der Waals surface area contributed by atoms with Gasteiger partial charge in [-0.25, -0.2) is 0 Å². The normalized spacial score (nSPS) is 24.0. The lowest BCUT2D eigenvalue weighted by molar-refractivity contribution is -0.136. The Morgan fingerprint density at radius 2 is 2.18 bits per heavy atom. The Hall–Kier alpha value is -1.29. The van der Waals surface area contributed by atoms with E-state index in [2.05, 4.69) is 0 Å². The van der Waals surface area contributed by atoms with Crippen molar-refractivity contribution in [1.29, 1.82) is 0 Å². The first kappa shape index (κ1) is 12.2. The zero-order valence-corrected chi connectivity index (χ0v) is 10.6. The van der Waals surface area contributed by atoms with Crippen LogP contribution in [0.25, 0.3) is 0 Å². The third kappa shape index (κ3) is 2.36. The van der Waals surface area contributed by atoms with Gasteiger partial charge in [-0.2, -0.15) is 0 Å². The number of hydrogen-bond donors (Lipinski definition) is 1. The van der Waals surface area contributed by atoms with E-state index in [1.807, 2.05) is 25.1 Å². The number of hydrogen-bond acceptors (Lipinski definition) is 3. The molecule has 0 saturated carbocycles. The molecule has 0 unspecified atom stereocenters. The lowest BCUT2D eigenvalue weighted by Gasteiger charge is -2.10. The lowest BCUT2D eigenvalue weighted by Crippen LogP contribution is -2.21. The number of carboxylic acids is 1. The summed E-state index contributed by atoms with van der Waals surface area (Å²) in [5.74, 6) is -0.805. The van der Waals surface area contributed by atoms with Crippen LogP contribution in [0.15, 0.2) is 18.2 Å². The maximum absolute atomic E-state index is 12.1. The minimum Gasteiger partial charge on any atom is -0.480 e. The van der Waals surface area contributed by atoms with Crippen molar-refractivity contribution in [2.24, 2.45) is 0 Å². The van der Waals surface area contributed by atoms with Gasteiger partial charge in [-0.1, -0.05) is 17.7 Å². The number of Topliss-reactive ketones (excluding diaryl/α,β-unsaturated/α-hetero) is 1. The molecule has 1 aromatic rings. The standard InChI is InChI=1S/C13H14O3S/c1-7-3-4-9-6-11(13(15)16)17-8(2)12(14)10(9)5-7/h3-5,8,11H,6H2,1-2H3,(H,15,16)/t8-,11+/m0/s1. The molecule has 1 aromatic carbocycles. The number of ketones is 1. The summed E-state index contributed by atoms with van der Waals surface area (Å²) >= 11 is 1.24. The van der Waals surface area contributed by atoms with Crippen molar-refractivity contribution >= 4 is 23.5 Å². The van der Waals surface area contributed by atoms with Gasteiger partial charge in [0, 0.05) is 5.56 Å². The largest absolute Gasteiger partial charge is 0.480 e. The molecule has 0 spiro atoms. The Bertz CT molecular complexity index is 482. The van der Waals surface area contributed by atoms with Crippen molar-refractivity contribution in [2.45, 2.75) is 30.8 Å². The fourth-order valence-electron chi connectivity index (χ4n) is 2.02. The van der Waals surface area contributed by atoms with Gasteiger partial charge >= 0.3 is 5.97 Å². The Morgan fingerprint density at radius 1 is 1.47 bits per heavy atom. The molecule has 0 aliphatic carbocycles. The quantitative estimate of drug-likeness (QED) is 0.831. The summed E-state index contributed by atoms with van der Waals surface area (Å²) in [6.07, 6.45) is 0.422. The van der Waals surface area contributed by atoms with Crippen LogP contribution in [-0.2, 0) is 11.2 Å². The monoisotopic (exact) mass is 250 g/mol. The molecule has 0 amide bonds. The van der Waals surface area contributed by atoms with E-state index >= 15 is 0 Å². The Kier molecular flexibility index (Phi) is 3.24. The second-order valence-corrected chi connectivity index (χ2v) is 5.88. The smallest absolute Gasteiger partial charge is 0.316 e. The molecule has 2 rings (SSSR count). The van der Waals surface area contributed by atoms with Crippen LogP contribution in [0.2, 0.25) is 0 Å². The molecule has 0 aromatic heterocycles. The van der Waals surface area contributed by atoms with E-state index in [4.69, 9.17) is 5.11 Å². The van der Waals surface area contributed by atoms with Crippen LogP contribution in [0.4, 0.5) is 0 Å². The predicted molar refractivity (Wildman–Crippen MR) is 67.7 cm³/mol. The summed E-state index contributed by atoms with van der Waals surface area (Å²) < 4.78 is 0. The van der Waals surface area contributed by atoms with Crippen molar-refractivity contribution in [2.75, 3.05) is 0 Å². The Labute approximate surface area is 104 Å². The molecule has 0 saturated heterocycles. The van der Waals surface area contributed by atoms with E-state index in [1.54, 1.807) is 6.92 Å². The maximum Gasteiger partial charge on any atom is 0.316 e. The summed E-state index contributed by atoms with van der Waals surface area (Å²) in [4.78, 5) is 23.2. The molecule has 4 heteroatoms. The Balaban J connectivity index is 2.47. The van der Waals surface area contributed by atoms with E-state index in [9.17, 15) is 9.59 Å². The summed E-state index contributed by atoms with van der Waals surface area (Å²) in [5, 5.41) is 8.29. The number of benzene rings is 1. The number of aryl methyl sites for hydroxylation is 1. The van der Waals surface area contributed by atoms with Gasteiger partial charge in [-0.3, -0.25) is 9.59 Å². The van der Waals surface area contributed by atoms with E-state index in [0.717, 1.165) is 11.1 Å². The fraction of sp³-hybridized carbons (Fsp3) is 0.385. The first-order valence-electron chi connectivity index (χ1n) is 5.51. The highest BCUT2D eigenvalue weighted by Crippen LogP contribution is 2.31. The van der Waals surface area contributed by atoms with Crippen LogP contribution in [0, 0.1) is 6.92 Å². The van der Waals surface area contributed by atoms with Gasteiger partial charge in [0.25, 0.3) is 0 Å². The van der Waals surface area contributed by atoms with Crippen molar-refractivity contribution in [3.63, 3.8) is 0 Å². The van der Waals surface area contributed by atoms with Crippen LogP contribution >= 0.6 is 11.8 Å². The second-order valence-electron chi connectivity index (χ2n) is 4.33.